The molecule has 0 aromatic rings. The monoisotopic (exact) mass is 296 g/mol. The second-order valence-corrected chi connectivity index (χ2v) is 7.06. The van der Waals surface area contributed by atoms with E-state index >= 15 is 0 Å². The number of aliphatic hydroxyl groups is 1. The summed E-state index contributed by atoms with van der Waals surface area (Å²) < 4.78 is 0. The minimum absolute atomic E-state index is 0.0648. The maximum Gasteiger partial charge on any atom is 0.223 e. The Labute approximate surface area is 126 Å². The summed E-state index contributed by atoms with van der Waals surface area (Å²) in [7, 11) is 0. The van der Waals surface area contributed by atoms with Crippen molar-refractivity contribution in [3.05, 3.63) is 0 Å². The van der Waals surface area contributed by atoms with E-state index in [1.54, 1.807) is 0 Å². The summed E-state index contributed by atoms with van der Waals surface area (Å²) in [6.07, 6.45) is 4.92. The Bertz CT molecular complexity index is 399. The second-order valence-electron chi connectivity index (χ2n) is 7.06. The van der Waals surface area contributed by atoms with Crippen LogP contribution in [0.3, 0.4) is 0 Å². The molecule has 2 amide bonds. The molecule has 0 aliphatic heterocycles. The third-order valence-electron chi connectivity index (χ3n) is 4.78. The van der Waals surface area contributed by atoms with E-state index in [1.165, 1.54) is 0 Å². The molecular weight excluding hydrogens is 268 g/mol. The molecule has 120 valence electrons. The van der Waals surface area contributed by atoms with Crippen molar-refractivity contribution in [2.75, 3.05) is 13.1 Å². The van der Waals surface area contributed by atoms with Crippen LogP contribution in [-0.4, -0.2) is 35.6 Å². The SMILES string of the molecule is CC1CCCC(O)(CNC(=O)CCNC(=O)C2CC2C)C1. The average molecular weight is 296 g/mol. The molecule has 0 heterocycles. The predicted molar refractivity (Wildman–Crippen MR) is 80.5 cm³/mol. The van der Waals surface area contributed by atoms with Gasteiger partial charge < -0.3 is 15.7 Å². The van der Waals surface area contributed by atoms with Crippen molar-refractivity contribution >= 4 is 11.8 Å². The Hall–Kier alpha value is -1.10. The van der Waals surface area contributed by atoms with Crippen molar-refractivity contribution < 1.29 is 14.7 Å². The molecule has 0 radical (unpaired) electrons. The van der Waals surface area contributed by atoms with E-state index in [9.17, 15) is 14.7 Å². The van der Waals surface area contributed by atoms with Gasteiger partial charge in [-0.25, -0.2) is 0 Å². The van der Waals surface area contributed by atoms with Crippen LogP contribution in [0.4, 0.5) is 0 Å². The number of rotatable bonds is 6. The lowest BCUT2D eigenvalue weighted by atomic mass is 9.79. The lowest BCUT2D eigenvalue weighted by Gasteiger charge is -2.35. The fourth-order valence-electron chi connectivity index (χ4n) is 3.26. The summed E-state index contributed by atoms with van der Waals surface area (Å²) >= 11 is 0. The lowest BCUT2D eigenvalue weighted by Crippen LogP contribution is -2.46. The van der Waals surface area contributed by atoms with Crippen LogP contribution in [-0.2, 0) is 9.59 Å². The molecule has 0 bridgehead atoms. The molecule has 2 saturated carbocycles. The van der Waals surface area contributed by atoms with Gasteiger partial charge in [-0.05, 0) is 31.1 Å². The Morgan fingerprint density at radius 1 is 1.29 bits per heavy atom. The Morgan fingerprint density at radius 3 is 2.62 bits per heavy atom. The van der Waals surface area contributed by atoms with Crippen LogP contribution in [0.15, 0.2) is 0 Å². The van der Waals surface area contributed by atoms with Gasteiger partial charge in [-0.1, -0.05) is 26.7 Å². The second kappa shape index (κ2) is 6.77. The van der Waals surface area contributed by atoms with E-state index in [0.717, 1.165) is 32.1 Å². The molecule has 5 heteroatoms. The van der Waals surface area contributed by atoms with Crippen LogP contribution in [0.1, 0.15) is 52.4 Å². The fourth-order valence-corrected chi connectivity index (χ4v) is 3.26. The number of carbonyl (C=O) groups excluding carboxylic acids is 2. The highest BCUT2D eigenvalue weighted by Crippen LogP contribution is 2.37. The van der Waals surface area contributed by atoms with Gasteiger partial charge in [-0.3, -0.25) is 9.59 Å². The van der Waals surface area contributed by atoms with Crippen molar-refractivity contribution in [3.8, 4) is 0 Å². The number of amides is 2. The number of hydrogen-bond acceptors (Lipinski definition) is 3. The van der Waals surface area contributed by atoms with Crippen LogP contribution in [0, 0.1) is 17.8 Å². The van der Waals surface area contributed by atoms with Gasteiger partial charge in [0, 0.05) is 25.4 Å². The maximum absolute atomic E-state index is 11.8. The molecule has 0 saturated heterocycles. The van der Waals surface area contributed by atoms with Gasteiger partial charge in [0.1, 0.15) is 0 Å². The van der Waals surface area contributed by atoms with Gasteiger partial charge >= 0.3 is 0 Å². The minimum atomic E-state index is -0.750. The van der Waals surface area contributed by atoms with Crippen LogP contribution in [0.5, 0.6) is 0 Å². The van der Waals surface area contributed by atoms with Crippen LogP contribution in [0.25, 0.3) is 0 Å². The number of hydrogen-bond donors (Lipinski definition) is 3. The van der Waals surface area contributed by atoms with Gasteiger partial charge in [0.15, 0.2) is 0 Å². The fraction of sp³-hybridized carbons (Fsp3) is 0.875. The van der Waals surface area contributed by atoms with Gasteiger partial charge in [-0.2, -0.15) is 0 Å². The average Bonchev–Trinajstić information content (AvgIpc) is 3.13. The van der Waals surface area contributed by atoms with Gasteiger partial charge in [0.25, 0.3) is 0 Å². The van der Waals surface area contributed by atoms with E-state index in [2.05, 4.69) is 24.5 Å². The zero-order chi connectivity index (χ0) is 15.5. The molecule has 4 unspecified atom stereocenters. The van der Waals surface area contributed by atoms with E-state index in [0.29, 0.717) is 24.9 Å². The molecule has 0 spiro atoms. The first-order valence-corrected chi connectivity index (χ1v) is 8.16. The maximum atomic E-state index is 11.8. The van der Waals surface area contributed by atoms with E-state index in [1.807, 2.05) is 0 Å². The van der Waals surface area contributed by atoms with Crippen molar-refractivity contribution in [1.82, 2.24) is 10.6 Å². The molecule has 4 atom stereocenters. The third kappa shape index (κ3) is 4.99. The highest BCUT2D eigenvalue weighted by Gasteiger charge is 2.38. The van der Waals surface area contributed by atoms with Gasteiger partial charge in [0.2, 0.25) is 11.8 Å². The smallest absolute Gasteiger partial charge is 0.223 e. The highest BCUT2D eigenvalue weighted by molar-refractivity contribution is 5.82. The molecule has 0 aromatic carbocycles. The summed E-state index contributed by atoms with van der Waals surface area (Å²) in [4.78, 5) is 23.4. The first-order valence-electron chi connectivity index (χ1n) is 8.16. The largest absolute Gasteiger partial charge is 0.388 e. The molecule has 2 rings (SSSR count). The number of carbonyl (C=O) groups is 2. The zero-order valence-electron chi connectivity index (χ0n) is 13.2. The van der Waals surface area contributed by atoms with Crippen molar-refractivity contribution in [2.45, 2.75) is 58.0 Å². The van der Waals surface area contributed by atoms with E-state index in [4.69, 9.17) is 0 Å². The molecule has 2 aliphatic rings. The zero-order valence-corrected chi connectivity index (χ0v) is 13.2. The Morgan fingerprint density at radius 2 is 2.00 bits per heavy atom. The Kier molecular flexibility index (Phi) is 5.25. The first kappa shape index (κ1) is 16.3. The van der Waals surface area contributed by atoms with Gasteiger partial charge in [-0.15, -0.1) is 0 Å². The highest BCUT2D eigenvalue weighted by atomic mass is 16.3. The lowest BCUT2D eigenvalue weighted by molar-refractivity contribution is -0.124. The summed E-state index contributed by atoms with van der Waals surface area (Å²) in [6.45, 7) is 4.90. The molecule has 2 aliphatic carbocycles. The molecule has 5 nitrogen and oxygen atoms in total. The summed E-state index contributed by atoms with van der Waals surface area (Å²) in [5.74, 6) is 1.11. The minimum Gasteiger partial charge on any atom is -0.388 e. The predicted octanol–water partition coefficient (Wildman–Crippen LogP) is 1.21. The van der Waals surface area contributed by atoms with Crippen LogP contribution < -0.4 is 10.6 Å². The third-order valence-corrected chi connectivity index (χ3v) is 4.78. The normalized spacial score (nSPS) is 35.1. The molecular formula is C16H28N2O3. The van der Waals surface area contributed by atoms with Crippen molar-refractivity contribution in [1.29, 1.82) is 0 Å². The Balaban J connectivity index is 1.60. The molecule has 21 heavy (non-hydrogen) atoms. The molecule has 3 N–H and O–H groups in total. The van der Waals surface area contributed by atoms with Gasteiger partial charge in [0.05, 0.1) is 5.60 Å². The molecule has 0 aromatic heterocycles. The summed E-state index contributed by atoms with van der Waals surface area (Å²) in [5.41, 5.74) is -0.750. The standard InChI is InChI=1S/C16H28N2O3/c1-11-4-3-6-16(21,9-11)10-18-14(19)5-7-17-15(20)13-8-12(13)2/h11-13,21H,3-10H2,1-2H3,(H,17,20)(H,18,19). The molecule has 2 fully saturated rings. The van der Waals surface area contributed by atoms with Crippen LogP contribution >= 0.6 is 0 Å². The quantitative estimate of drug-likeness (QED) is 0.689. The topological polar surface area (TPSA) is 78.4 Å². The first-order chi connectivity index (χ1) is 9.89. The summed E-state index contributed by atoms with van der Waals surface area (Å²) in [6, 6.07) is 0. The van der Waals surface area contributed by atoms with Crippen molar-refractivity contribution in [3.63, 3.8) is 0 Å². The van der Waals surface area contributed by atoms with Crippen LogP contribution in [0.2, 0.25) is 0 Å². The van der Waals surface area contributed by atoms with E-state index < -0.39 is 5.60 Å². The van der Waals surface area contributed by atoms with E-state index in [-0.39, 0.29) is 24.2 Å². The summed E-state index contributed by atoms with van der Waals surface area (Å²) in [5, 5.41) is 16.0. The van der Waals surface area contributed by atoms with Crippen molar-refractivity contribution in [2.24, 2.45) is 17.8 Å². The number of nitrogens with one attached hydrogen (secondary N) is 2.